The van der Waals surface area contributed by atoms with Crippen LogP contribution in [-0.2, 0) is 30.5 Å². The number of fused-ring (bicyclic) bond motifs is 1. The fraction of sp³-hybridized carbons (Fsp3) is 0.593. The number of ketones is 1. The van der Waals surface area contributed by atoms with Crippen LogP contribution in [0.15, 0.2) is 30.3 Å². The molecule has 37 heavy (non-hydrogen) atoms. The summed E-state index contributed by atoms with van der Waals surface area (Å²) in [6.07, 6.45) is 4.37. The molecule has 1 aromatic rings. The first-order valence-electron chi connectivity index (χ1n) is 13.3. The summed E-state index contributed by atoms with van der Waals surface area (Å²) in [5.74, 6) is -2.45. The monoisotopic (exact) mass is 510 g/mol. The van der Waals surface area contributed by atoms with E-state index in [0.29, 0.717) is 19.5 Å². The summed E-state index contributed by atoms with van der Waals surface area (Å²) < 4.78 is 5.54. The molecule has 10 heteroatoms. The van der Waals surface area contributed by atoms with E-state index in [1.165, 1.54) is 4.90 Å². The summed E-state index contributed by atoms with van der Waals surface area (Å²) in [6, 6.07) is 7.40. The van der Waals surface area contributed by atoms with E-state index in [4.69, 9.17) is 4.74 Å². The molecule has 5 atom stereocenters. The van der Waals surface area contributed by atoms with Crippen LogP contribution in [0, 0.1) is 17.8 Å². The number of nitrogens with zero attached hydrogens (tertiary/aromatic N) is 1. The Bertz CT molecular complexity index is 1060. The number of ether oxygens (including phenoxy) is 1. The van der Waals surface area contributed by atoms with Crippen LogP contribution >= 0.6 is 0 Å². The van der Waals surface area contributed by atoms with Gasteiger partial charge in [0.05, 0.1) is 6.04 Å². The van der Waals surface area contributed by atoms with Gasteiger partial charge in [-0.2, -0.15) is 0 Å². The predicted molar refractivity (Wildman–Crippen MR) is 132 cm³/mol. The summed E-state index contributed by atoms with van der Waals surface area (Å²) in [6.45, 7) is 1.02. The van der Waals surface area contributed by atoms with Gasteiger partial charge in [0.15, 0.2) is 0 Å². The predicted octanol–water partition coefficient (Wildman–Crippen LogP) is 1.28. The number of hydrogen-bond donors (Lipinski definition) is 3. The lowest BCUT2D eigenvalue weighted by molar-refractivity contribution is -0.141. The number of nitrogens with one attached hydrogen (secondary N) is 3. The highest BCUT2D eigenvalue weighted by Gasteiger charge is 2.51. The van der Waals surface area contributed by atoms with E-state index >= 15 is 0 Å². The van der Waals surface area contributed by atoms with Crippen molar-refractivity contribution in [3.05, 3.63) is 35.9 Å². The quantitative estimate of drug-likeness (QED) is 0.429. The first kappa shape index (κ1) is 25.2. The van der Waals surface area contributed by atoms with Crippen LogP contribution in [0.4, 0.5) is 4.79 Å². The van der Waals surface area contributed by atoms with Gasteiger partial charge in [0.25, 0.3) is 5.91 Å². The number of carbonyl (C=O) groups is 5. The van der Waals surface area contributed by atoms with Crippen LogP contribution in [0.1, 0.15) is 50.5 Å². The Morgan fingerprint density at radius 2 is 1.84 bits per heavy atom. The average Bonchev–Trinajstić information content (AvgIpc) is 3.25. The molecular formula is C27H34N4O6. The van der Waals surface area contributed by atoms with Gasteiger partial charge >= 0.3 is 6.09 Å². The van der Waals surface area contributed by atoms with E-state index in [2.05, 4.69) is 16.0 Å². The van der Waals surface area contributed by atoms with Crippen LogP contribution in [0.5, 0.6) is 0 Å². The minimum absolute atomic E-state index is 0.00784. The number of carbonyl (C=O) groups excluding carboxylic acids is 5. The second-order valence-electron chi connectivity index (χ2n) is 10.7. The zero-order chi connectivity index (χ0) is 25.9. The average molecular weight is 511 g/mol. The van der Waals surface area contributed by atoms with Crippen molar-refractivity contribution in [1.82, 2.24) is 20.9 Å². The maximum Gasteiger partial charge on any atom is 0.410 e. The molecule has 2 saturated heterocycles. The van der Waals surface area contributed by atoms with E-state index in [9.17, 15) is 24.0 Å². The highest BCUT2D eigenvalue weighted by atomic mass is 16.6. The molecule has 0 aromatic heterocycles. The van der Waals surface area contributed by atoms with Gasteiger partial charge in [-0.1, -0.05) is 36.8 Å². The van der Waals surface area contributed by atoms with Gasteiger partial charge in [-0.15, -0.1) is 0 Å². The lowest BCUT2D eigenvalue weighted by Gasteiger charge is -2.28. The van der Waals surface area contributed by atoms with Crippen LogP contribution in [0.3, 0.4) is 0 Å². The van der Waals surface area contributed by atoms with Crippen molar-refractivity contribution in [3.63, 3.8) is 0 Å². The Morgan fingerprint density at radius 1 is 1.05 bits per heavy atom. The van der Waals surface area contributed by atoms with Crippen LogP contribution in [0.2, 0.25) is 0 Å². The lowest BCUT2D eigenvalue weighted by atomic mass is 9.92. The van der Waals surface area contributed by atoms with Gasteiger partial charge in [0.1, 0.15) is 12.6 Å². The fourth-order valence-electron chi connectivity index (χ4n) is 5.92. The van der Waals surface area contributed by atoms with Gasteiger partial charge in [-0.05, 0) is 55.9 Å². The number of amides is 4. The Balaban J connectivity index is 1.30. The maximum atomic E-state index is 13.7. The van der Waals surface area contributed by atoms with Crippen molar-refractivity contribution < 1.29 is 28.7 Å². The molecule has 4 fully saturated rings. The zero-order valence-corrected chi connectivity index (χ0v) is 20.8. The number of Topliss-reactive ketones (excluding diaryl/α,β-unsaturated/α-hetero) is 1. The van der Waals surface area contributed by atoms with Crippen molar-refractivity contribution >= 4 is 29.6 Å². The molecule has 2 heterocycles. The van der Waals surface area contributed by atoms with Gasteiger partial charge in [-0.25, -0.2) is 4.79 Å². The molecule has 4 aliphatic rings. The summed E-state index contributed by atoms with van der Waals surface area (Å²) >= 11 is 0. The number of rotatable bonds is 9. The Morgan fingerprint density at radius 3 is 2.54 bits per heavy atom. The van der Waals surface area contributed by atoms with Crippen LogP contribution in [0.25, 0.3) is 0 Å². The van der Waals surface area contributed by atoms with Crippen LogP contribution in [-0.4, -0.2) is 65.7 Å². The van der Waals surface area contributed by atoms with Gasteiger partial charge in [-0.3, -0.25) is 24.1 Å². The fourth-order valence-corrected chi connectivity index (χ4v) is 5.92. The molecule has 4 amide bonds. The maximum absolute atomic E-state index is 13.7. The molecule has 198 valence electrons. The summed E-state index contributed by atoms with van der Waals surface area (Å²) in [5.41, 5.74) is 0.846. The van der Waals surface area contributed by atoms with E-state index < -0.39 is 41.7 Å². The third kappa shape index (κ3) is 5.78. The van der Waals surface area contributed by atoms with Gasteiger partial charge in [0, 0.05) is 25.0 Å². The largest absolute Gasteiger partial charge is 0.445 e. The standard InChI is InChI=1S/C27H34N4O6/c32-23(26(35)29-19-9-10-19)21(13-17-11-12-28-24(17)33)30-25(34)22-20-8-4-7-18(20)14-31(22)27(36)37-15-16-5-2-1-3-6-16/h1-3,5-6,17-22H,4,7-15H2,(H,28,33)(H,29,35)(H,30,34)/t17-,18-,20-,21-,22?/m0/s1. The molecule has 2 aliphatic heterocycles. The number of likely N-dealkylation sites (tertiary alicyclic amines) is 1. The van der Waals surface area contributed by atoms with Gasteiger partial charge in [0.2, 0.25) is 17.6 Å². The number of benzene rings is 1. The molecular weight excluding hydrogens is 476 g/mol. The van der Waals surface area contributed by atoms with Crippen LogP contribution < -0.4 is 16.0 Å². The summed E-state index contributed by atoms with van der Waals surface area (Å²) in [4.78, 5) is 66.1. The highest BCUT2D eigenvalue weighted by molar-refractivity contribution is 6.38. The van der Waals surface area contributed by atoms with Gasteiger partial charge < -0.3 is 20.7 Å². The van der Waals surface area contributed by atoms with E-state index in [-0.39, 0.29) is 36.8 Å². The number of hydrogen-bond acceptors (Lipinski definition) is 6. The molecule has 2 aliphatic carbocycles. The summed E-state index contributed by atoms with van der Waals surface area (Å²) in [7, 11) is 0. The van der Waals surface area contributed by atoms with Crippen molar-refractivity contribution in [3.8, 4) is 0 Å². The van der Waals surface area contributed by atoms with Crippen molar-refractivity contribution in [2.24, 2.45) is 17.8 Å². The molecule has 0 spiro atoms. The van der Waals surface area contributed by atoms with E-state index in [1.54, 1.807) is 0 Å². The summed E-state index contributed by atoms with van der Waals surface area (Å²) in [5, 5.41) is 8.20. The van der Waals surface area contributed by atoms with Crippen molar-refractivity contribution in [2.75, 3.05) is 13.1 Å². The SMILES string of the molecule is O=C(NC1CC1)C(=O)[C@H](C[C@@H]1CCNC1=O)NC(=O)C1[C@H]2CCC[C@H]2CN1C(=O)OCc1ccccc1. The molecule has 0 bridgehead atoms. The molecule has 3 N–H and O–H groups in total. The first-order valence-corrected chi connectivity index (χ1v) is 13.3. The minimum atomic E-state index is -1.14. The molecule has 2 saturated carbocycles. The van der Waals surface area contributed by atoms with E-state index in [0.717, 1.165) is 37.7 Å². The Kier molecular flexibility index (Phi) is 7.43. The second-order valence-corrected chi connectivity index (χ2v) is 10.7. The Hall–Kier alpha value is -3.43. The smallest absolute Gasteiger partial charge is 0.410 e. The highest BCUT2D eigenvalue weighted by Crippen LogP contribution is 2.42. The minimum Gasteiger partial charge on any atom is -0.445 e. The van der Waals surface area contributed by atoms with E-state index in [1.807, 2.05) is 30.3 Å². The third-order valence-electron chi connectivity index (χ3n) is 8.05. The second kappa shape index (κ2) is 10.9. The lowest BCUT2D eigenvalue weighted by Crippen LogP contribution is -2.55. The molecule has 0 radical (unpaired) electrons. The first-order chi connectivity index (χ1) is 17.9. The van der Waals surface area contributed by atoms with Crippen molar-refractivity contribution in [2.45, 2.75) is 69.7 Å². The normalized spacial score (nSPS) is 27.2. The third-order valence-corrected chi connectivity index (χ3v) is 8.05. The molecule has 10 nitrogen and oxygen atoms in total. The molecule has 1 aromatic carbocycles. The molecule has 5 rings (SSSR count). The topological polar surface area (TPSA) is 134 Å². The van der Waals surface area contributed by atoms with Crippen molar-refractivity contribution in [1.29, 1.82) is 0 Å². The zero-order valence-electron chi connectivity index (χ0n) is 20.8. The molecule has 1 unspecified atom stereocenters. The Labute approximate surface area is 215 Å².